The summed E-state index contributed by atoms with van der Waals surface area (Å²) < 4.78 is 42.1. The first-order valence-corrected chi connectivity index (χ1v) is 8.27. The minimum absolute atomic E-state index is 0.0667. The molecule has 0 saturated heterocycles. The van der Waals surface area contributed by atoms with Gasteiger partial charge in [-0.15, -0.1) is 0 Å². The van der Waals surface area contributed by atoms with Gasteiger partial charge in [-0.25, -0.2) is 0 Å². The number of ether oxygens (including phenoxy) is 1. The largest absolute Gasteiger partial charge is 0.482 e. The Hall–Kier alpha value is -2.74. The predicted octanol–water partition coefficient (Wildman–Crippen LogP) is 4.53. The molecule has 0 aliphatic carbocycles. The van der Waals surface area contributed by atoms with Gasteiger partial charge in [0.15, 0.2) is 12.4 Å². The van der Waals surface area contributed by atoms with E-state index in [9.17, 15) is 22.8 Å². The van der Waals surface area contributed by atoms with Crippen molar-refractivity contribution < 1.29 is 27.5 Å². The third kappa shape index (κ3) is 4.66. The molecule has 0 bridgehead atoms. The lowest BCUT2D eigenvalue weighted by Gasteiger charge is -2.17. The Bertz CT molecular complexity index is 876. The Morgan fingerprint density at radius 2 is 1.88 bits per heavy atom. The zero-order valence-electron chi connectivity index (χ0n) is 13.2. The highest BCUT2D eigenvalue weighted by Crippen LogP contribution is 2.36. The van der Waals surface area contributed by atoms with E-state index < -0.39 is 5.51 Å². The second-order valence-corrected chi connectivity index (χ2v) is 6.50. The number of allylic oxidation sites excluding steroid dienone is 1. The average Bonchev–Trinajstić information content (AvgIpc) is 2.59. The van der Waals surface area contributed by atoms with Gasteiger partial charge in [0.25, 0.3) is 5.91 Å². The highest BCUT2D eigenvalue weighted by molar-refractivity contribution is 8.00. The Morgan fingerprint density at radius 1 is 1.15 bits per heavy atom. The molecule has 0 aromatic heterocycles. The molecule has 0 atom stereocenters. The smallest absolute Gasteiger partial charge is 0.446 e. The molecule has 2 aromatic rings. The summed E-state index contributed by atoms with van der Waals surface area (Å²) in [6.45, 7) is -0.0667. The molecule has 8 heteroatoms. The van der Waals surface area contributed by atoms with Crippen molar-refractivity contribution in [1.29, 1.82) is 0 Å². The number of hydrogen-bond donors (Lipinski definition) is 1. The van der Waals surface area contributed by atoms with Crippen LogP contribution in [0, 0.1) is 0 Å². The molecular formula is C18H12F3NO3S. The average molecular weight is 379 g/mol. The lowest BCUT2D eigenvalue weighted by atomic mass is 10.1. The van der Waals surface area contributed by atoms with Gasteiger partial charge in [0.1, 0.15) is 5.75 Å². The summed E-state index contributed by atoms with van der Waals surface area (Å²) >= 11 is -0.193. The highest BCUT2D eigenvalue weighted by Gasteiger charge is 2.28. The lowest BCUT2D eigenvalue weighted by Crippen LogP contribution is -2.25. The van der Waals surface area contributed by atoms with Crippen LogP contribution in [0.25, 0.3) is 6.08 Å². The van der Waals surface area contributed by atoms with Crippen molar-refractivity contribution in [2.75, 3.05) is 11.9 Å². The third-order valence-corrected chi connectivity index (χ3v) is 4.18. The zero-order valence-corrected chi connectivity index (χ0v) is 14.0. The van der Waals surface area contributed by atoms with Gasteiger partial charge < -0.3 is 10.1 Å². The summed E-state index contributed by atoms with van der Waals surface area (Å²) in [5, 5.41) is 2.62. The molecule has 1 aliphatic rings. The fourth-order valence-electron chi connectivity index (χ4n) is 2.29. The van der Waals surface area contributed by atoms with Crippen LogP contribution in [0.3, 0.4) is 0 Å². The van der Waals surface area contributed by atoms with Crippen LogP contribution in [0.15, 0.2) is 53.4 Å². The number of thioether (sulfide) groups is 1. The Kier molecular flexibility index (Phi) is 5.03. The van der Waals surface area contributed by atoms with Crippen LogP contribution in [-0.4, -0.2) is 23.8 Å². The number of fused-ring (bicyclic) bond motifs is 1. The third-order valence-electron chi connectivity index (χ3n) is 3.44. The van der Waals surface area contributed by atoms with E-state index in [4.69, 9.17) is 4.74 Å². The SMILES string of the molecule is O=C1COc2ccc(C(=O)/C=C/c3ccc(SC(F)(F)F)cc3)cc2N1. The fraction of sp³-hybridized carbons (Fsp3) is 0.111. The predicted molar refractivity (Wildman–Crippen MR) is 92.3 cm³/mol. The van der Waals surface area contributed by atoms with E-state index in [-0.39, 0.29) is 35.0 Å². The molecule has 0 unspecified atom stereocenters. The zero-order chi connectivity index (χ0) is 18.7. The van der Waals surface area contributed by atoms with Crippen molar-refractivity contribution in [3.05, 3.63) is 59.7 Å². The van der Waals surface area contributed by atoms with E-state index in [2.05, 4.69) is 5.32 Å². The van der Waals surface area contributed by atoms with Gasteiger partial charge in [0, 0.05) is 10.5 Å². The van der Waals surface area contributed by atoms with Crippen molar-refractivity contribution in [2.24, 2.45) is 0 Å². The van der Waals surface area contributed by atoms with Crippen molar-refractivity contribution in [2.45, 2.75) is 10.4 Å². The van der Waals surface area contributed by atoms with Gasteiger partial charge in [-0.2, -0.15) is 13.2 Å². The molecule has 1 aliphatic heterocycles. The summed E-state index contributed by atoms with van der Waals surface area (Å²) in [4.78, 5) is 23.6. The second kappa shape index (κ2) is 7.25. The number of ketones is 1. The number of carbonyl (C=O) groups is 2. The first-order valence-electron chi connectivity index (χ1n) is 7.45. The molecule has 0 saturated carbocycles. The maximum absolute atomic E-state index is 12.3. The number of carbonyl (C=O) groups excluding carboxylic acids is 2. The molecule has 1 N–H and O–H groups in total. The molecular weight excluding hydrogens is 367 g/mol. The van der Waals surface area contributed by atoms with Crippen LogP contribution in [0.5, 0.6) is 5.75 Å². The first kappa shape index (κ1) is 18.1. The van der Waals surface area contributed by atoms with E-state index in [0.717, 1.165) is 0 Å². The topological polar surface area (TPSA) is 55.4 Å². The first-order chi connectivity index (χ1) is 12.3. The van der Waals surface area contributed by atoms with Gasteiger partial charge in [0.2, 0.25) is 0 Å². The summed E-state index contributed by atoms with van der Waals surface area (Å²) in [5.74, 6) is -0.112. The maximum Gasteiger partial charge on any atom is 0.446 e. The van der Waals surface area contributed by atoms with Crippen LogP contribution >= 0.6 is 11.8 Å². The molecule has 4 nitrogen and oxygen atoms in total. The maximum atomic E-state index is 12.3. The molecule has 0 spiro atoms. The number of alkyl halides is 3. The fourth-order valence-corrected chi connectivity index (χ4v) is 2.82. The number of halogens is 3. The summed E-state index contributed by atoms with van der Waals surface area (Å²) in [6.07, 6.45) is 2.83. The van der Waals surface area contributed by atoms with Gasteiger partial charge in [-0.1, -0.05) is 18.2 Å². The van der Waals surface area contributed by atoms with Crippen LogP contribution in [0.1, 0.15) is 15.9 Å². The van der Waals surface area contributed by atoms with E-state index >= 15 is 0 Å². The van der Waals surface area contributed by atoms with E-state index in [1.54, 1.807) is 12.1 Å². The van der Waals surface area contributed by atoms with Gasteiger partial charge >= 0.3 is 5.51 Å². The van der Waals surface area contributed by atoms with Gasteiger partial charge in [-0.05, 0) is 53.7 Å². The van der Waals surface area contributed by atoms with E-state index in [0.29, 0.717) is 22.6 Å². The van der Waals surface area contributed by atoms with Crippen molar-refractivity contribution >= 4 is 35.2 Å². The van der Waals surface area contributed by atoms with E-state index in [1.807, 2.05) is 0 Å². The monoisotopic (exact) mass is 379 g/mol. The lowest BCUT2D eigenvalue weighted by molar-refractivity contribution is -0.118. The summed E-state index contributed by atoms with van der Waals surface area (Å²) in [6, 6.07) is 10.4. The standard InChI is InChI=1S/C18H12F3NO3S/c19-18(20,21)26-13-5-1-11(2-6-13)3-7-15(23)12-4-8-16-14(9-12)22-17(24)10-25-16/h1-9H,10H2,(H,22,24)/b7-3+. The Labute approximate surface area is 151 Å². The summed E-state index contributed by atoms with van der Waals surface area (Å²) in [5.41, 5.74) is -2.96. The Morgan fingerprint density at radius 3 is 2.58 bits per heavy atom. The van der Waals surface area contributed by atoms with Gasteiger partial charge in [0.05, 0.1) is 5.69 Å². The molecule has 1 heterocycles. The second-order valence-electron chi connectivity index (χ2n) is 5.36. The van der Waals surface area contributed by atoms with Crippen molar-refractivity contribution in [3.8, 4) is 5.75 Å². The van der Waals surface area contributed by atoms with Crippen molar-refractivity contribution in [3.63, 3.8) is 0 Å². The van der Waals surface area contributed by atoms with Crippen LogP contribution in [0.2, 0.25) is 0 Å². The van der Waals surface area contributed by atoms with E-state index in [1.165, 1.54) is 42.5 Å². The molecule has 0 fully saturated rings. The van der Waals surface area contributed by atoms with Crippen LogP contribution in [0.4, 0.5) is 18.9 Å². The Balaban J connectivity index is 1.70. The number of rotatable bonds is 4. The minimum Gasteiger partial charge on any atom is -0.482 e. The minimum atomic E-state index is -4.33. The molecule has 2 aromatic carbocycles. The van der Waals surface area contributed by atoms with Crippen molar-refractivity contribution in [1.82, 2.24) is 0 Å². The number of nitrogens with one attached hydrogen (secondary N) is 1. The number of hydrogen-bond acceptors (Lipinski definition) is 4. The quantitative estimate of drug-likeness (QED) is 0.482. The van der Waals surface area contributed by atoms with Crippen LogP contribution < -0.4 is 10.1 Å². The molecule has 26 heavy (non-hydrogen) atoms. The number of amides is 1. The number of benzene rings is 2. The highest BCUT2D eigenvalue weighted by atomic mass is 32.2. The normalized spacial score (nSPS) is 13.9. The summed E-state index contributed by atoms with van der Waals surface area (Å²) in [7, 11) is 0. The molecule has 134 valence electrons. The number of anilines is 1. The molecule has 1 amide bonds. The molecule has 0 radical (unpaired) electrons. The molecule has 3 rings (SSSR count). The van der Waals surface area contributed by atoms with Gasteiger partial charge in [-0.3, -0.25) is 9.59 Å². The van der Waals surface area contributed by atoms with Crippen LogP contribution in [-0.2, 0) is 4.79 Å².